The number of rotatable bonds is 9. The molecule has 2 saturated heterocycles. The molecular formula is C33H34BFN2O5S. The second-order valence-electron chi connectivity index (χ2n) is 11.5. The van der Waals surface area contributed by atoms with E-state index in [2.05, 4.69) is 11.9 Å². The van der Waals surface area contributed by atoms with Gasteiger partial charge in [-0.1, -0.05) is 37.1 Å². The predicted octanol–water partition coefficient (Wildman–Crippen LogP) is 6.11. The SMILES string of the molecule is CCCC1=C2[C@@H](CC/C(=C/c3ccc(O)c(F)c3)c3ccccn3)OB(O)C[C@@H]2[C@@H]2C(=O)N(Cc3cccs3)C(=O)[C@@H]2C1. The number of nitrogens with zero attached hydrogens (tertiary/aromatic N) is 2. The maximum atomic E-state index is 14.1. The Hall–Kier alpha value is -3.60. The Kier molecular flexibility index (Phi) is 8.61. The van der Waals surface area contributed by atoms with Crippen molar-refractivity contribution in [3.05, 3.63) is 93.2 Å². The number of phenolic OH excluding ortho intramolecular Hbond substituents is 1. The third-order valence-electron chi connectivity index (χ3n) is 8.83. The number of carbonyl (C=O) groups excluding carboxylic acids is 2. The van der Waals surface area contributed by atoms with Gasteiger partial charge < -0.3 is 14.8 Å². The molecule has 7 nitrogen and oxygen atoms in total. The van der Waals surface area contributed by atoms with Crippen molar-refractivity contribution in [2.75, 3.05) is 0 Å². The molecule has 1 aliphatic carbocycles. The van der Waals surface area contributed by atoms with E-state index in [1.54, 1.807) is 12.3 Å². The summed E-state index contributed by atoms with van der Waals surface area (Å²) < 4.78 is 20.3. The van der Waals surface area contributed by atoms with Crippen LogP contribution in [0.2, 0.25) is 6.32 Å². The molecule has 3 aromatic rings. The summed E-state index contributed by atoms with van der Waals surface area (Å²) >= 11 is 1.53. The number of pyridine rings is 1. The molecule has 10 heteroatoms. The number of aromatic hydroxyl groups is 1. The molecule has 2 N–H and O–H groups in total. The Morgan fingerprint density at radius 3 is 2.77 bits per heavy atom. The Labute approximate surface area is 254 Å². The average Bonchev–Trinajstić information content (AvgIpc) is 3.60. The number of likely N-dealkylation sites (tertiary alicyclic amines) is 1. The van der Waals surface area contributed by atoms with Gasteiger partial charge in [0.15, 0.2) is 11.6 Å². The first-order chi connectivity index (χ1) is 20.8. The number of phenols is 1. The lowest BCUT2D eigenvalue weighted by Gasteiger charge is -2.43. The molecule has 43 heavy (non-hydrogen) atoms. The number of aromatic nitrogens is 1. The maximum absolute atomic E-state index is 14.1. The third kappa shape index (κ3) is 5.96. The topological polar surface area (TPSA) is 100.0 Å². The zero-order valence-electron chi connectivity index (χ0n) is 24.0. The highest BCUT2D eigenvalue weighted by Crippen LogP contribution is 2.51. The molecule has 0 bridgehead atoms. The van der Waals surface area contributed by atoms with Gasteiger partial charge >= 0.3 is 7.12 Å². The molecule has 0 spiro atoms. The Bertz CT molecular complexity index is 1560. The molecular weight excluding hydrogens is 566 g/mol. The first-order valence-corrected chi connectivity index (χ1v) is 15.8. The molecule has 3 aliphatic rings. The van der Waals surface area contributed by atoms with Crippen molar-refractivity contribution in [1.82, 2.24) is 9.88 Å². The van der Waals surface area contributed by atoms with Crippen molar-refractivity contribution in [3.8, 4) is 5.75 Å². The highest BCUT2D eigenvalue weighted by Gasteiger charge is 2.57. The minimum atomic E-state index is -1.05. The number of amides is 2. The van der Waals surface area contributed by atoms with E-state index in [-0.39, 0.29) is 30.6 Å². The van der Waals surface area contributed by atoms with Crippen LogP contribution >= 0.6 is 11.3 Å². The van der Waals surface area contributed by atoms with E-state index in [9.17, 15) is 24.1 Å². The summed E-state index contributed by atoms with van der Waals surface area (Å²) in [4.78, 5) is 34.3. The van der Waals surface area contributed by atoms with Crippen LogP contribution < -0.4 is 0 Å². The molecule has 2 amide bonds. The molecule has 0 radical (unpaired) electrons. The Balaban J connectivity index is 1.31. The van der Waals surface area contributed by atoms with Crippen LogP contribution in [0.5, 0.6) is 5.75 Å². The number of halogens is 1. The first kappa shape index (κ1) is 29.5. The van der Waals surface area contributed by atoms with Crippen LogP contribution in [0.4, 0.5) is 4.39 Å². The van der Waals surface area contributed by atoms with Crippen molar-refractivity contribution in [2.45, 2.75) is 58.0 Å². The summed E-state index contributed by atoms with van der Waals surface area (Å²) in [6.07, 6.45) is 6.64. The van der Waals surface area contributed by atoms with E-state index in [1.165, 1.54) is 28.4 Å². The van der Waals surface area contributed by atoms with Gasteiger partial charge in [-0.15, -0.1) is 11.3 Å². The molecule has 2 aliphatic heterocycles. The van der Waals surface area contributed by atoms with Gasteiger partial charge in [0, 0.05) is 11.1 Å². The molecule has 4 atom stereocenters. The van der Waals surface area contributed by atoms with Crippen molar-refractivity contribution in [2.24, 2.45) is 17.8 Å². The normalized spacial score (nSPS) is 24.0. The number of carbonyl (C=O) groups is 2. The van der Waals surface area contributed by atoms with Crippen molar-refractivity contribution < 1.29 is 28.8 Å². The summed E-state index contributed by atoms with van der Waals surface area (Å²) in [6.45, 7) is 2.39. The summed E-state index contributed by atoms with van der Waals surface area (Å²) in [5.74, 6) is -2.57. The van der Waals surface area contributed by atoms with E-state index >= 15 is 0 Å². The number of allylic oxidation sites excluding steroid dienone is 2. The van der Waals surface area contributed by atoms with Gasteiger partial charge in [0.25, 0.3) is 0 Å². The van der Waals surface area contributed by atoms with Gasteiger partial charge in [-0.25, -0.2) is 4.39 Å². The number of benzene rings is 1. The largest absolute Gasteiger partial charge is 0.505 e. The van der Waals surface area contributed by atoms with Crippen LogP contribution in [-0.2, 0) is 20.8 Å². The lowest BCUT2D eigenvalue weighted by molar-refractivity contribution is -0.140. The fourth-order valence-corrected chi connectivity index (χ4v) is 7.70. The van der Waals surface area contributed by atoms with Crippen LogP contribution in [0.3, 0.4) is 0 Å². The zero-order chi connectivity index (χ0) is 30.1. The van der Waals surface area contributed by atoms with Crippen molar-refractivity contribution >= 4 is 41.9 Å². The van der Waals surface area contributed by atoms with Crippen molar-refractivity contribution in [1.29, 1.82) is 0 Å². The number of fused-ring (bicyclic) bond motifs is 3. The van der Waals surface area contributed by atoms with Gasteiger partial charge in [0.05, 0.1) is 30.2 Å². The second-order valence-corrected chi connectivity index (χ2v) is 12.6. The number of imide groups is 1. The van der Waals surface area contributed by atoms with E-state index in [1.807, 2.05) is 41.8 Å². The van der Waals surface area contributed by atoms with Crippen LogP contribution in [0.1, 0.15) is 55.2 Å². The summed E-state index contributed by atoms with van der Waals surface area (Å²) in [6, 6.07) is 13.7. The van der Waals surface area contributed by atoms with Gasteiger partial charge in [-0.2, -0.15) is 0 Å². The predicted molar refractivity (Wildman–Crippen MR) is 164 cm³/mol. The Morgan fingerprint density at radius 2 is 2.05 bits per heavy atom. The van der Waals surface area contributed by atoms with E-state index in [0.717, 1.165) is 40.1 Å². The van der Waals surface area contributed by atoms with Gasteiger partial charge in [-0.05, 0) is 96.4 Å². The summed E-state index contributed by atoms with van der Waals surface area (Å²) in [5, 5.41) is 22.5. The highest BCUT2D eigenvalue weighted by atomic mass is 32.1. The van der Waals surface area contributed by atoms with Crippen LogP contribution in [0.25, 0.3) is 11.6 Å². The van der Waals surface area contributed by atoms with Crippen LogP contribution in [-0.4, -0.2) is 45.1 Å². The number of hydrogen-bond donors (Lipinski definition) is 2. The minimum absolute atomic E-state index is 0.116. The monoisotopic (exact) mass is 600 g/mol. The van der Waals surface area contributed by atoms with Gasteiger partial charge in [0.2, 0.25) is 11.8 Å². The van der Waals surface area contributed by atoms with Gasteiger partial charge in [0.1, 0.15) is 0 Å². The standard InChI is InChI=1S/C33H34BFN2O5S/c1-2-6-22-17-24-31(33(40)37(32(24)39)19-23-7-5-14-43-23)25-18-34(41)42-29(30(22)25)12-10-21(27-8-3-4-13-36-27)15-20-9-11-28(38)26(35)16-20/h3-5,7-9,11,13-16,24-25,29,31,38,41H,2,6,10,12,17-19H2,1H3/b21-15-/t24-,25+,29-,31-/m1/s1. The van der Waals surface area contributed by atoms with E-state index < -0.39 is 36.6 Å². The average molecular weight is 601 g/mol. The van der Waals surface area contributed by atoms with Crippen LogP contribution in [0, 0.1) is 23.6 Å². The first-order valence-electron chi connectivity index (χ1n) is 14.9. The zero-order valence-corrected chi connectivity index (χ0v) is 24.8. The molecule has 2 fully saturated rings. The Morgan fingerprint density at radius 1 is 1.19 bits per heavy atom. The van der Waals surface area contributed by atoms with E-state index in [0.29, 0.717) is 24.8 Å². The van der Waals surface area contributed by atoms with E-state index in [4.69, 9.17) is 4.65 Å². The van der Waals surface area contributed by atoms with Crippen molar-refractivity contribution in [3.63, 3.8) is 0 Å². The smallest absolute Gasteiger partial charge is 0.455 e. The van der Waals surface area contributed by atoms with Gasteiger partial charge in [-0.3, -0.25) is 19.5 Å². The third-order valence-corrected chi connectivity index (χ3v) is 9.69. The van der Waals surface area contributed by atoms with Crippen LogP contribution in [0.15, 0.2) is 71.3 Å². The molecule has 0 saturated carbocycles. The molecule has 222 valence electrons. The maximum Gasteiger partial charge on any atom is 0.455 e. The molecule has 2 aromatic heterocycles. The fraction of sp³-hybridized carbons (Fsp3) is 0.364. The highest BCUT2D eigenvalue weighted by molar-refractivity contribution is 7.09. The second kappa shape index (κ2) is 12.6. The molecule has 0 unspecified atom stereocenters. The molecule has 1 aromatic carbocycles. The quantitative estimate of drug-likeness (QED) is 0.175. The summed E-state index contributed by atoms with van der Waals surface area (Å²) in [7, 11) is -1.05. The lowest BCUT2D eigenvalue weighted by atomic mass is 9.58. The number of hydrogen-bond acceptors (Lipinski definition) is 7. The molecule has 4 heterocycles. The molecule has 6 rings (SSSR count). The summed E-state index contributed by atoms with van der Waals surface area (Å²) in [5.41, 5.74) is 4.39. The lowest BCUT2D eigenvalue weighted by Crippen LogP contribution is -2.46. The minimum Gasteiger partial charge on any atom is -0.505 e. The number of thiophene rings is 1. The fourth-order valence-electron chi connectivity index (χ4n) is 7.01.